The van der Waals surface area contributed by atoms with Crippen molar-refractivity contribution < 1.29 is 33.3 Å². The molecule has 0 bridgehead atoms. The minimum atomic E-state index is -1.11. The molecule has 0 fully saturated rings. The predicted molar refractivity (Wildman–Crippen MR) is 123 cm³/mol. The van der Waals surface area contributed by atoms with Gasteiger partial charge in [0.25, 0.3) is 0 Å². The van der Waals surface area contributed by atoms with Crippen LogP contribution in [0.3, 0.4) is 0 Å². The summed E-state index contributed by atoms with van der Waals surface area (Å²) < 4.78 is 21.9. The monoisotopic (exact) mass is 465 g/mol. The lowest BCUT2D eigenvalue weighted by Crippen LogP contribution is -2.42. The fraction of sp³-hybridized carbons (Fsp3) is 0.250. The first-order valence-electron chi connectivity index (χ1n) is 10.4. The summed E-state index contributed by atoms with van der Waals surface area (Å²) in [5.41, 5.74) is 1.82. The molecule has 4 rings (SSSR count). The Labute approximate surface area is 195 Å². The molecule has 1 atom stereocenters. The lowest BCUT2D eigenvalue weighted by molar-refractivity contribution is -0.144. The van der Waals surface area contributed by atoms with Crippen LogP contribution < -0.4 is 24.8 Å². The molecule has 1 aliphatic rings. The molecule has 34 heavy (non-hydrogen) atoms. The third-order valence-corrected chi connectivity index (χ3v) is 5.39. The first kappa shape index (κ1) is 22.8. The van der Waals surface area contributed by atoms with Crippen molar-refractivity contribution in [2.75, 3.05) is 26.6 Å². The van der Waals surface area contributed by atoms with Gasteiger partial charge in [-0.25, -0.2) is 4.79 Å². The molecular formula is C24H23N3O7. The number of carbonyl (C=O) groups is 3. The predicted octanol–water partition coefficient (Wildman–Crippen LogP) is 3.35. The van der Waals surface area contributed by atoms with Gasteiger partial charge in [-0.05, 0) is 18.2 Å². The van der Waals surface area contributed by atoms with E-state index in [0.717, 1.165) is 0 Å². The van der Waals surface area contributed by atoms with Crippen LogP contribution >= 0.6 is 0 Å². The number of rotatable bonds is 7. The van der Waals surface area contributed by atoms with Gasteiger partial charge in [0.1, 0.15) is 23.1 Å². The average molecular weight is 465 g/mol. The highest BCUT2D eigenvalue weighted by atomic mass is 16.5. The van der Waals surface area contributed by atoms with Crippen molar-refractivity contribution in [2.24, 2.45) is 0 Å². The SMILES string of the molecule is COC(=O)C(CC(=O)c1cccc2c1Nc1c(cc(OC)c3nccc(OC)c13)O2)NC(C)=O. The lowest BCUT2D eigenvalue weighted by Gasteiger charge is -2.26. The van der Waals surface area contributed by atoms with Gasteiger partial charge in [0.15, 0.2) is 17.3 Å². The summed E-state index contributed by atoms with van der Waals surface area (Å²) >= 11 is 0. The molecular weight excluding hydrogens is 442 g/mol. The quantitative estimate of drug-likeness (QED) is 0.312. The fourth-order valence-electron chi connectivity index (χ4n) is 3.88. The summed E-state index contributed by atoms with van der Waals surface area (Å²) in [5, 5.41) is 6.37. The van der Waals surface area contributed by atoms with Crippen LogP contribution in [0.1, 0.15) is 23.7 Å². The van der Waals surface area contributed by atoms with E-state index >= 15 is 0 Å². The van der Waals surface area contributed by atoms with Crippen LogP contribution in [-0.2, 0) is 14.3 Å². The van der Waals surface area contributed by atoms with E-state index in [-0.39, 0.29) is 17.8 Å². The third-order valence-electron chi connectivity index (χ3n) is 5.39. The first-order chi connectivity index (χ1) is 16.4. The zero-order valence-electron chi connectivity index (χ0n) is 19.1. The number of hydrogen-bond acceptors (Lipinski definition) is 9. The molecule has 2 heterocycles. The molecule has 0 saturated carbocycles. The van der Waals surface area contributed by atoms with Crippen molar-refractivity contribution in [1.82, 2.24) is 10.3 Å². The van der Waals surface area contributed by atoms with Gasteiger partial charge in [0, 0.05) is 31.2 Å². The van der Waals surface area contributed by atoms with Crippen molar-refractivity contribution in [1.29, 1.82) is 0 Å². The maximum Gasteiger partial charge on any atom is 0.328 e. The molecule has 0 saturated heterocycles. The summed E-state index contributed by atoms with van der Waals surface area (Å²) in [5.74, 6) is 0.380. The summed E-state index contributed by atoms with van der Waals surface area (Å²) in [6.45, 7) is 1.26. The Kier molecular flexibility index (Phi) is 6.22. The Morgan fingerprint density at radius 1 is 1.06 bits per heavy atom. The number of methoxy groups -OCH3 is 3. The zero-order chi connectivity index (χ0) is 24.4. The van der Waals surface area contributed by atoms with E-state index in [1.165, 1.54) is 21.1 Å². The number of benzene rings is 2. The van der Waals surface area contributed by atoms with E-state index in [4.69, 9.17) is 18.9 Å². The third kappa shape index (κ3) is 4.05. The molecule has 2 N–H and O–H groups in total. The van der Waals surface area contributed by atoms with Crippen molar-refractivity contribution in [3.8, 4) is 23.0 Å². The highest BCUT2D eigenvalue weighted by molar-refractivity contribution is 6.10. The van der Waals surface area contributed by atoms with Crippen molar-refractivity contribution >= 4 is 39.9 Å². The Bertz CT molecular complexity index is 1310. The van der Waals surface area contributed by atoms with E-state index in [9.17, 15) is 14.4 Å². The number of esters is 1. The second kappa shape index (κ2) is 9.26. The van der Waals surface area contributed by atoms with Crippen LogP contribution in [0, 0.1) is 0 Å². The largest absolute Gasteiger partial charge is 0.496 e. The van der Waals surface area contributed by atoms with Gasteiger partial charge < -0.3 is 29.6 Å². The van der Waals surface area contributed by atoms with Gasteiger partial charge in [-0.1, -0.05) is 6.07 Å². The first-order valence-corrected chi connectivity index (χ1v) is 10.4. The van der Waals surface area contributed by atoms with E-state index < -0.39 is 17.9 Å². The molecule has 176 valence electrons. The molecule has 1 aliphatic heterocycles. The number of fused-ring (bicyclic) bond motifs is 4. The fourth-order valence-corrected chi connectivity index (χ4v) is 3.88. The van der Waals surface area contributed by atoms with Gasteiger partial charge in [-0.2, -0.15) is 0 Å². The molecule has 1 unspecified atom stereocenters. The van der Waals surface area contributed by atoms with Crippen molar-refractivity contribution in [3.63, 3.8) is 0 Å². The molecule has 1 amide bonds. The Hall–Kier alpha value is -4.34. The van der Waals surface area contributed by atoms with Crippen molar-refractivity contribution in [2.45, 2.75) is 19.4 Å². The topological polar surface area (TPSA) is 125 Å². The minimum Gasteiger partial charge on any atom is -0.496 e. The van der Waals surface area contributed by atoms with Crippen molar-refractivity contribution in [3.05, 3.63) is 42.1 Å². The number of aromatic nitrogens is 1. The Morgan fingerprint density at radius 2 is 1.82 bits per heavy atom. The smallest absolute Gasteiger partial charge is 0.328 e. The summed E-state index contributed by atoms with van der Waals surface area (Å²) in [4.78, 5) is 41.2. The normalized spacial score (nSPS) is 12.4. The number of hydrogen-bond donors (Lipinski definition) is 2. The number of carbonyl (C=O) groups excluding carboxylic acids is 3. The summed E-state index contributed by atoms with van der Waals surface area (Å²) in [6, 6.07) is 7.31. The maximum absolute atomic E-state index is 13.2. The standard InChI is InChI=1S/C24H23N3O7/c1-12(28)26-14(24(30)33-4)10-15(29)13-6-5-7-17-21(13)27-23-19(34-17)11-18(32-3)22-20(23)16(31-2)8-9-25-22/h5-9,11,14,27H,10H2,1-4H3,(H,26,28). The molecule has 2 aromatic carbocycles. The molecule has 10 nitrogen and oxygen atoms in total. The number of anilines is 2. The second-order valence-electron chi connectivity index (χ2n) is 7.50. The summed E-state index contributed by atoms with van der Waals surface area (Å²) in [6.07, 6.45) is 1.32. The minimum absolute atomic E-state index is 0.286. The number of nitrogens with one attached hydrogen (secondary N) is 2. The maximum atomic E-state index is 13.2. The second-order valence-corrected chi connectivity index (χ2v) is 7.50. The van der Waals surface area contributed by atoms with Crippen LogP contribution in [0.2, 0.25) is 0 Å². The summed E-state index contributed by atoms with van der Waals surface area (Å²) in [7, 11) is 4.28. The van der Waals surface area contributed by atoms with Crippen LogP contribution in [0.4, 0.5) is 11.4 Å². The highest BCUT2D eigenvalue weighted by Crippen LogP contribution is 2.51. The van der Waals surface area contributed by atoms with E-state index in [1.807, 2.05) is 0 Å². The molecule has 3 aromatic rings. The average Bonchev–Trinajstić information content (AvgIpc) is 2.84. The molecule has 0 spiro atoms. The van der Waals surface area contributed by atoms with Crippen LogP contribution in [0.25, 0.3) is 10.9 Å². The van der Waals surface area contributed by atoms with Gasteiger partial charge in [0.2, 0.25) is 5.91 Å². The number of pyridine rings is 1. The lowest BCUT2D eigenvalue weighted by atomic mass is 9.99. The van der Waals surface area contributed by atoms with Gasteiger partial charge >= 0.3 is 5.97 Å². The zero-order valence-corrected chi connectivity index (χ0v) is 19.1. The van der Waals surface area contributed by atoms with Crippen LogP contribution in [0.5, 0.6) is 23.0 Å². The number of ketones is 1. The number of amides is 1. The highest BCUT2D eigenvalue weighted by Gasteiger charge is 2.30. The number of Topliss-reactive ketones (excluding diaryl/α,β-unsaturated/α-hetero) is 1. The molecule has 0 aliphatic carbocycles. The molecule has 0 radical (unpaired) electrons. The van der Waals surface area contributed by atoms with Gasteiger partial charge in [-0.15, -0.1) is 0 Å². The van der Waals surface area contributed by atoms with Crippen LogP contribution in [0.15, 0.2) is 36.5 Å². The molecule has 1 aromatic heterocycles. The number of ether oxygens (including phenoxy) is 4. The van der Waals surface area contributed by atoms with E-state index in [2.05, 4.69) is 15.6 Å². The van der Waals surface area contributed by atoms with E-state index in [1.54, 1.807) is 43.6 Å². The number of nitrogens with zero attached hydrogens (tertiary/aromatic N) is 1. The van der Waals surface area contributed by atoms with Crippen LogP contribution in [-0.4, -0.2) is 50.0 Å². The Balaban J connectivity index is 1.77. The van der Waals surface area contributed by atoms with Gasteiger partial charge in [-0.3, -0.25) is 14.6 Å². The van der Waals surface area contributed by atoms with E-state index in [0.29, 0.717) is 45.3 Å². The molecule has 10 heteroatoms. The van der Waals surface area contributed by atoms with Gasteiger partial charge in [0.05, 0.1) is 38.1 Å². The number of para-hydroxylation sites is 1. The Morgan fingerprint density at radius 3 is 2.50 bits per heavy atom.